The highest BCUT2D eigenvalue weighted by Gasteiger charge is 2.08. The van der Waals surface area contributed by atoms with E-state index in [1.165, 1.54) is 5.56 Å². The fraction of sp³-hybridized carbons (Fsp3) is 0.250. The van der Waals surface area contributed by atoms with E-state index < -0.39 is 0 Å². The number of rotatable bonds is 3. The monoisotopic (exact) mass is 241 g/mol. The van der Waals surface area contributed by atoms with Gasteiger partial charge in [-0.3, -0.25) is 0 Å². The van der Waals surface area contributed by atoms with Crippen LogP contribution in [-0.4, -0.2) is 7.11 Å². The third kappa shape index (κ3) is 2.54. The van der Waals surface area contributed by atoms with Crippen molar-refractivity contribution in [2.45, 2.75) is 19.9 Å². The maximum atomic E-state index is 5.94. The summed E-state index contributed by atoms with van der Waals surface area (Å²) in [6, 6.07) is 14.6. The van der Waals surface area contributed by atoms with E-state index in [0.29, 0.717) is 0 Å². The molecule has 2 aromatic rings. The second-order valence-electron chi connectivity index (χ2n) is 4.61. The maximum absolute atomic E-state index is 5.94. The summed E-state index contributed by atoms with van der Waals surface area (Å²) in [4.78, 5) is 0. The molecule has 2 rings (SSSR count). The highest BCUT2D eigenvalue weighted by molar-refractivity contribution is 5.71. The van der Waals surface area contributed by atoms with Crippen LogP contribution in [0.2, 0.25) is 0 Å². The lowest BCUT2D eigenvalue weighted by Crippen LogP contribution is -2.05. The Labute approximate surface area is 108 Å². The zero-order valence-corrected chi connectivity index (χ0v) is 11.1. The standard InChI is InChI=1S/C16H19NO/c1-11-4-6-13(7-5-11)15-10-14(12(2)17)8-9-16(15)18-3/h4-10,12H,17H2,1-3H3. The van der Waals surface area contributed by atoms with Crippen LogP contribution >= 0.6 is 0 Å². The van der Waals surface area contributed by atoms with Crippen molar-refractivity contribution in [3.8, 4) is 16.9 Å². The Bertz CT molecular complexity index is 529. The summed E-state index contributed by atoms with van der Waals surface area (Å²) in [5.74, 6) is 0.878. The minimum absolute atomic E-state index is 0.0279. The molecule has 1 unspecified atom stereocenters. The van der Waals surface area contributed by atoms with Gasteiger partial charge >= 0.3 is 0 Å². The van der Waals surface area contributed by atoms with E-state index in [-0.39, 0.29) is 6.04 Å². The van der Waals surface area contributed by atoms with Gasteiger partial charge in [-0.05, 0) is 37.1 Å². The summed E-state index contributed by atoms with van der Waals surface area (Å²) in [7, 11) is 1.69. The van der Waals surface area contributed by atoms with E-state index in [0.717, 1.165) is 22.4 Å². The summed E-state index contributed by atoms with van der Waals surface area (Å²) < 4.78 is 5.42. The van der Waals surface area contributed by atoms with E-state index in [9.17, 15) is 0 Å². The molecular formula is C16H19NO. The quantitative estimate of drug-likeness (QED) is 0.889. The first kappa shape index (κ1) is 12.7. The van der Waals surface area contributed by atoms with Gasteiger partial charge in [-0.2, -0.15) is 0 Å². The molecule has 0 spiro atoms. The molecule has 2 heteroatoms. The Kier molecular flexibility index (Phi) is 3.68. The third-order valence-corrected chi connectivity index (χ3v) is 3.11. The number of aryl methyl sites for hydroxylation is 1. The topological polar surface area (TPSA) is 35.2 Å². The molecule has 2 N–H and O–H groups in total. The molecule has 0 amide bonds. The minimum Gasteiger partial charge on any atom is -0.496 e. The van der Waals surface area contributed by atoms with E-state index in [1.807, 2.05) is 19.1 Å². The predicted octanol–water partition coefficient (Wildman–Crippen LogP) is 3.69. The molecule has 0 fully saturated rings. The molecule has 0 aromatic heterocycles. The van der Waals surface area contributed by atoms with E-state index in [2.05, 4.69) is 37.3 Å². The van der Waals surface area contributed by atoms with Crippen molar-refractivity contribution in [3.05, 3.63) is 53.6 Å². The summed E-state index contributed by atoms with van der Waals surface area (Å²) in [6.45, 7) is 4.07. The van der Waals surface area contributed by atoms with Gasteiger partial charge in [0.25, 0.3) is 0 Å². The average molecular weight is 241 g/mol. The van der Waals surface area contributed by atoms with Gasteiger partial charge in [0.1, 0.15) is 5.75 Å². The van der Waals surface area contributed by atoms with Crippen molar-refractivity contribution < 1.29 is 4.74 Å². The molecule has 1 atom stereocenters. The first-order valence-electron chi connectivity index (χ1n) is 6.12. The Morgan fingerprint density at radius 1 is 1.06 bits per heavy atom. The number of hydrogen-bond acceptors (Lipinski definition) is 2. The van der Waals surface area contributed by atoms with Crippen LogP contribution in [0.3, 0.4) is 0 Å². The van der Waals surface area contributed by atoms with Crippen LogP contribution in [0.25, 0.3) is 11.1 Å². The molecule has 0 heterocycles. The van der Waals surface area contributed by atoms with Crippen molar-refractivity contribution >= 4 is 0 Å². The van der Waals surface area contributed by atoms with Gasteiger partial charge in [0.05, 0.1) is 7.11 Å². The van der Waals surface area contributed by atoms with Crippen molar-refractivity contribution in [1.82, 2.24) is 0 Å². The Balaban J connectivity index is 2.53. The van der Waals surface area contributed by atoms with E-state index in [1.54, 1.807) is 7.11 Å². The van der Waals surface area contributed by atoms with Crippen molar-refractivity contribution in [1.29, 1.82) is 0 Å². The average Bonchev–Trinajstić information content (AvgIpc) is 2.39. The van der Waals surface area contributed by atoms with Gasteiger partial charge < -0.3 is 10.5 Å². The number of ether oxygens (including phenoxy) is 1. The van der Waals surface area contributed by atoms with Crippen LogP contribution < -0.4 is 10.5 Å². The van der Waals surface area contributed by atoms with Gasteiger partial charge in [0, 0.05) is 11.6 Å². The van der Waals surface area contributed by atoms with Crippen molar-refractivity contribution in [2.24, 2.45) is 5.73 Å². The van der Waals surface area contributed by atoms with Gasteiger partial charge in [0.2, 0.25) is 0 Å². The summed E-state index contributed by atoms with van der Waals surface area (Å²) in [5.41, 5.74) is 10.5. The fourth-order valence-corrected chi connectivity index (χ4v) is 1.97. The molecule has 18 heavy (non-hydrogen) atoms. The van der Waals surface area contributed by atoms with Crippen LogP contribution in [0.1, 0.15) is 24.1 Å². The number of methoxy groups -OCH3 is 1. The van der Waals surface area contributed by atoms with Crippen LogP contribution in [0.4, 0.5) is 0 Å². The lowest BCUT2D eigenvalue weighted by Gasteiger charge is -2.13. The lowest BCUT2D eigenvalue weighted by atomic mass is 9.98. The smallest absolute Gasteiger partial charge is 0.126 e. The third-order valence-electron chi connectivity index (χ3n) is 3.11. The Hall–Kier alpha value is -1.80. The van der Waals surface area contributed by atoms with Gasteiger partial charge in [-0.25, -0.2) is 0 Å². The lowest BCUT2D eigenvalue weighted by molar-refractivity contribution is 0.416. The SMILES string of the molecule is COc1ccc(C(C)N)cc1-c1ccc(C)cc1. The minimum atomic E-state index is 0.0279. The second-order valence-corrected chi connectivity index (χ2v) is 4.61. The maximum Gasteiger partial charge on any atom is 0.126 e. The predicted molar refractivity (Wildman–Crippen MR) is 75.8 cm³/mol. The largest absolute Gasteiger partial charge is 0.496 e. The molecule has 94 valence electrons. The molecule has 2 nitrogen and oxygen atoms in total. The summed E-state index contributed by atoms with van der Waals surface area (Å²) >= 11 is 0. The Morgan fingerprint density at radius 3 is 2.28 bits per heavy atom. The number of benzene rings is 2. The number of nitrogens with two attached hydrogens (primary N) is 1. The van der Waals surface area contributed by atoms with Crippen LogP contribution in [0.5, 0.6) is 5.75 Å². The molecule has 0 aliphatic rings. The van der Waals surface area contributed by atoms with Crippen molar-refractivity contribution in [3.63, 3.8) is 0 Å². The summed E-state index contributed by atoms with van der Waals surface area (Å²) in [5, 5.41) is 0. The first-order chi connectivity index (χ1) is 8.61. The molecule has 0 saturated carbocycles. The van der Waals surface area contributed by atoms with E-state index >= 15 is 0 Å². The van der Waals surface area contributed by atoms with Crippen molar-refractivity contribution in [2.75, 3.05) is 7.11 Å². The molecule has 2 aromatic carbocycles. The zero-order valence-electron chi connectivity index (χ0n) is 11.1. The Morgan fingerprint density at radius 2 is 1.72 bits per heavy atom. The zero-order chi connectivity index (χ0) is 13.1. The first-order valence-corrected chi connectivity index (χ1v) is 6.12. The molecule has 0 aliphatic carbocycles. The molecule has 0 saturated heterocycles. The fourth-order valence-electron chi connectivity index (χ4n) is 1.97. The van der Waals surface area contributed by atoms with Crippen LogP contribution in [0, 0.1) is 6.92 Å². The second kappa shape index (κ2) is 5.23. The van der Waals surface area contributed by atoms with Gasteiger partial charge in [-0.15, -0.1) is 0 Å². The number of hydrogen-bond donors (Lipinski definition) is 1. The highest BCUT2D eigenvalue weighted by atomic mass is 16.5. The normalized spacial score (nSPS) is 12.2. The molecule has 0 aliphatic heterocycles. The summed E-state index contributed by atoms with van der Waals surface area (Å²) in [6.07, 6.45) is 0. The van der Waals surface area contributed by atoms with Gasteiger partial charge in [0.15, 0.2) is 0 Å². The molecule has 0 radical (unpaired) electrons. The van der Waals surface area contributed by atoms with Crippen LogP contribution in [0.15, 0.2) is 42.5 Å². The van der Waals surface area contributed by atoms with Crippen LogP contribution in [-0.2, 0) is 0 Å². The molecular weight excluding hydrogens is 222 g/mol. The van der Waals surface area contributed by atoms with E-state index in [4.69, 9.17) is 10.5 Å². The van der Waals surface area contributed by atoms with Gasteiger partial charge in [-0.1, -0.05) is 35.9 Å². The molecule has 0 bridgehead atoms. The highest BCUT2D eigenvalue weighted by Crippen LogP contribution is 2.32.